The quantitative estimate of drug-likeness (QED) is 0.786. The van der Waals surface area contributed by atoms with Gasteiger partial charge in [0.2, 0.25) is 0 Å². The monoisotopic (exact) mass is 444 g/mol. The number of carbonyl (C=O) groups excluding carboxylic acids is 1. The zero-order valence-corrected chi connectivity index (χ0v) is 17.6. The molecule has 0 saturated carbocycles. The Hall–Kier alpha value is -3.12. The number of halogens is 3. The number of hydrogen-bond donors (Lipinski definition) is 1. The lowest BCUT2D eigenvalue weighted by Gasteiger charge is -2.44. The van der Waals surface area contributed by atoms with Crippen LogP contribution >= 0.6 is 0 Å². The molecule has 0 bridgehead atoms. The highest BCUT2D eigenvalue weighted by Gasteiger charge is 2.51. The number of benzene rings is 1. The maximum Gasteiger partial charge on any atom is 0.417 e. The lowest BCUT2D eigenvalue weighted by molar-refractivity contribution is -0.137. The van der Waals surface area contributed by atoms with Crippen molar-refractivity contribution in [3.63, 3.8) is 0 Å². The van der Waals surface area contributed by atoms with Crippen LogP contribution in [0.4, 0.5) is 18.9 Å². The van der Waals surface area contributed by atoms with Gasteiger partial charge in [0.25, 0.3) is 5.91 Å². The molecule has 0 spiro atoms. The Morgan fingerprint density at radius 2 is 2.09 bits per heavy atom. The number of hydrogen-bond acceptors (Lipinski definition) is 5. The van der Waals surface area contributed by atoms with Gasteiger partial charge < -0.3 is 14.9 Å². The summed E-state index contributed by atoms with van der Waals surface area (Å²) in [5, 5.41) is 19.3. The number of nitrogens with zero attached hydrogens (tertiary/aromatic N) is 4. The second-order valence-corrected chi connectivity index (χ2v) is 8.70. The van der Waals surface area contributed by atoms with Gasteiger partial charge in [0, 0.05) is 49.7 Å². The van der Waals surface area contributed by atoms with Crippen LogP contribution in [0.3, 0.4) is 0 Å². The molecule has 0 aliphatic carbocycles. The van der Waals surface area contributed by atoms with Gasteiger partial charge in [0.1, 0.15) is 0 Å². The average Bonchev–Trinajstić information content (AvgIpc) is 3.17. The number of aliphatic hydroxyl groups excluding tert-OH is 1. The molecule has 168 valence electrons. The Labute approximate surface area is 183 Å². The molecular weight excluding hydrogens is 421 g/mol. The second kappa shape index (κ2) is 8.10. The third-order valence-corrected chi connectivity index (χ3v) is 6.58. The number of anilines is 1. The van der Waals surface area contributed by atoms with Crippen molar-refractivity contribution >= 4 is 11.6 Å². The summed E-state index contributed by atoms with van der Waals surface area (Å²) in [4.78, 5) is 20.6. The Bertz CT molecular complexity index is 1080. The van der Waals surface area contributed by atoms with E-state index in [0.717, 1.165) is 11.6 Å². The van der Waals surface area contributed by atoms with Crippen molar-refractivity contribution in [2.24, 2.45) is 11.3 Å². The largest absolute Gasteiger partial charge is 0.417 e. The first kappa shape index (κ1) is 22.1. The molecule has 1 aromatic carbocycles. The number of alkyl halides is 3. The molecule has 2 aliphatic rings. The molecule has 2 aliphatic heterocycles. The van der Waals surface area contributed by atoms with Crippen LogP contribution in [0.5, 0.6) is 0 Å². The third-order valence-electron chi connectivity index (χ3n) is 6.58. The van der Waals surface area contributed by atoms with Crippen LogP contribution in [0.25, 0.3) is 0 Å². The van der Waals surface area contributed by atoms with E-state index in [1.807, 2.05) is 11.8 Å². The number of amides is 1. The van der Waals surface area contributed by atoms with E-state index in [9.17, 15) is 23.1 Å². The smallest absolute Gasteiger partial charge is 0.396 e. The van der Waals surface area contributed by atoms with Gasteiger partial charge in [-0.3, -0.25) is 9.78 Å². The number of piperidine rings is 1. The highest BCUT2D eigenvalue weighted by Crippen LogP contribution is 2.44. The molecule has 3 heterocycles. The molecule has 9 heteroatoms. The minimum atomic E-state index is -4.63. The predicted molar refractivity (Wildman–Crippen MR) is 111 cm³/mol. The molecule has 0 unspecified atom stereocenters. The van der Waals surface area contributed by atoms with Crippen LogP contribution in [-0.4, -0.2) is 53.7 Å². The number of rotatable bonds is 3. The van der Waals surface area contributed by atoms with Crippen LogP contribution in [-0.2, 0) is 6.18 Å². The van der Waals surface area contributed by atoms with Gasteiger partial charge in [0.05, 0.1) is 29.4 Å². The fourth-order valence-electron chi connectivity index (χ4n) is 4.90. The van der Waals surface area contributed by atoms with Gasteiger partial charge >= 0.3 is 6.18 Å². The van der Waals surface area contributed by atoms with E-state index in [4.69, 9.17) is 5.26 Å². The molecule has 6 nitrogen and oxygen atoms in total. The summed E-state index contributed by atoms with van der Waals surface area (Å²) < 4.78 is 40.2. The number of nitriles is 1. The molecule has 1 N–H and O–H groups in total. The molecule has 1 aromatic heterocycles. The van der Waals surface area contributed by atoms with E-state index in [1.165, 1.54) is 18.3 Å². The Morgan fingerprint density at radius 1 is 1.31 bits per heavy atom. The van der Waals surface area contributed by atoms with Gasteiger partial charge in [0.15, 0.2) is 0 Å². The number of fused-ring (bicyclic) bond motifs is 1. The van der Waals surface area contributed by atoms with Gasteiger partial charge in [-0.2, -0.15) is 18.4 Å². The first-order valence-electron chi connectivity index (χ1n) is 10.3. The topological polar surface area (TPSA) is 80.5 Å². The lowest BCUT2D eigenvalue weighted by atomic mass is 9.74. The summed E-state index contributed by atoms with van der Waals surface area (Å²) >= 11 is 0. The van der Waals surface area contributed by atoms with E-state index in [-0.39, 0.29) is 18.4 Å². The van der Waals surface area contributed by atoms with Gasteiger partial charge in [-0.15, -0.1) is 0 Å². The highest BCUT2D eigenvalue weighted by atomic mass is 19.4. The molecule has 0 radical (unpaired) electrons. The van der Waals surface area contributed by atoms with Crippen LogP contribution in [0.2, 0.25) is 0 Å². The normalized spacial score (nSPS) is 23.1. The van der Waals surface area contributed by atoms with Crippen LogP contribution in [0.1, 0.15) is 33.5 Å². The van der Waals surface area contributed by atoms with Crippen LogP contribution in [0, 0.1) is 29.6 Å². The first-order valence-corrected chi connectivity index (χ1v) is 10.3. The van der Waals surface area contributed by atoms with E-state index in [0.29, 0.717) is 43.9 Å². The van der Waals surface area contributed by atoms with Crippen molar-refractivity contribution in [1.82, 2.24) is 9.88 Å². The summed E-state index contributed by atoms with van der Waals surface area (Å²) in [6.45, 7) is 3.32. The number of aliphatic hydroxyl groups is 1. The number of aryl methyl sites for hydroxylation is 1. The van der Waals surface area contributed by atoms with E-state index in [2.05, 4.69) is 4.98 Å². The Balaban J connectivity index is 1.58. The van der Waals surface area contributed by atoms with E-state index >= 15 is 0 Å². The van der Waals surface area contributed by atoms with E-state index < -0.39 is 22.7 Å². The number of carbonyl (C=O) groups is 1. The zero-order valence-electron chi connectivity index (χ0n) is 17.6. The standard InChI is InChI=1S/C23H23F3N4O2/c1-15-6-17(10-28-9-15)21(32)30-11-18-4-5-29(12-22(18,13-30)14-31)19-3-2-16(8-27)20(7-19)23(24,25)26/h2-3,6-7,9-10,18,31H,4-5,11-14H2,1H3/t18-,22+/m1/s1. The molecule has 2 saturated heterocycles. The Kier molecular flexibility index (Phi) is 5.59. The third kappa shape index (κ3) is 3.91. The summed E-state index contributed by atoms with van der Waals surface area (Å²) in [6, 6.07) is 7.06. The SMILES string of the molecule is Cc1cncc(C(=O)N2C[C@H]3CCN(c4ccc(C#N)c(C(F)(F)F)c4)C[C@@]3(CO)C2)c1. The van der Waals surface area contributed by atoms with Crippen LogP contribution in [0.15, 0.2) is 36.7 Å². The fourth-order valence-corrected chi connectivity index (χ4v) is 4.90. The van der Waals surface area contributed by atoms with Crippen molar-refractivity contribution in [2.45, 2.75) is 19.5 Å². The minimum Gasteiger partial charge on any atom is -0.396 e. The fraction of sp³-hybridized carbons (Fsp3) is 0.435. The molecule has 4 rings (SSSR count). The highest BCUT2D eigenvalue weighted by molar-refractivity contribution is 5.94. The van der Waals surface area contributed by atoms with Gasteiger partial charge in [-0.05, 0) is 49.1 Å². The molecule has 32 heavy (non-hydrogen) atoms. The number of pyridine rings is 1. The first-order chi connectivity index (χ1) is 15.2. The van der Waals surface area contributed by atoms with Crippen molar-refractivity contribution in [3.8, 4) is 6.07 Å². The maximum atomic E-state index is 13.4. The second-order valence-electron chi connectivity index (χ2n) is 8.70. The minimum absolute atomic E-state index is 0.0472. The molecule has 2 atom stereocenters. The van der Waals surface area contributed by atoms with Gasteiger partial charge in [-0.25, -0.2) is 0 Å². The number of likely N-dealkylation sites (tertiary alicyclic amines) is 1. The van der Waals surface area contributed by atoms with Crippen molar-refractivity contribution in [1.29, 1.82) is 5.26 Å². The average molecular weight is 444 g/mol. The number of aromatic nitrogens is 1. The van der Waals surface area contributed by atoms with Crippen LogP contribution < -0.4 is 4.90 Å². The lowest BCUT2D eigenvalue weighted by Crippen LogP contribution is -2.51. The molecular formula is C23H23F3N4O2. The summed E-state index contributed by atoms with van der Waals surface area (Å²) in [5.74, 6) is -0.112. The predicted octanol–water partition coefficient (Wildman–Crippen LogP) is 3.24. The molecule has 2 aromatic rings. The maximum absolute atomic E-state index is 13.4. The zero-order chi connectivity index (χ0) is 23.1. The van der Waals surface area contributed by atoms with Crippen molar-refractivity contribution < 1.29 is 23.1 Å². The summed E-state index contributed by atoms with van der Waals surface area (Å²) in [5.41, 5.74) is -0.301. The summed E-state index contributed by atoms with van der Waals surface area (Å²) in [7, 11) is 0. The Morgan fingerprint density at radius 3 is 2.75 bits per heavy atom. The molecule has 2 fully saturated rings. The van der Waals surface area contributed by atoms with Crippen molar-refractivity contribution in [3.05, 3.63) is 58.9 Å². The molecule has 1 amide bonds. The van der Waals surface area contributed by atoms with E-state index in [1.54, 1.807) is 23.2 Å². The van der Waals surface area contributed by atoms with Gasteiger partial charge in [-0.1, -0.05) is 0 Å². The summed E-state index contributed by atoms with van der Waals surface area (Å²) in [6.07, 6.45) is -0.810. The van der Waals surface area contributed by atoms with Crippen molar-refractivity contribution in [2.75, 3.05) is 37.7 Å².